The number of amides is 1. The number of rotatable bonds is 5. The fraction of sp³-hybridized carbons (Fsp3) is 0.444. The molecule has 0 aromatic rings. The molecule has 0 aromatic heterocycles. The first-order valence-electron chi connectivity index (χ1n) is 4.22. The Labute approximate surface area is 82.3 Å². The van der Waals surface area contributed by atoms with Gasteiger partial charge in [0.25, 0.3) is 5.91 Å². The topological polar surface area (TPSA) is 89.3 Å². The zero-order chi connectivity index (χ0) is 11.1. The molecule has 5 heteroatoms. The second kappa shape index (κ2) is 5.90. The molecular formula is C9H14N2O3. The lowest BCUT2D eigenvalue weighted by atomic mass is 10.1. The molecule has 0 spiro atoms. The van der Waals surface area contributed by atoms with E-state index in [1.165, 1.54) is 0 Å². The lowest BCUT2D eigenvalue weighted by molar-refractivity contribution is -0.136. The van der Waals surface area contributed by atoms with E-state index in [0.29, 0.717) is 0 Å². The van der Waals surface area contributed by atoms with Gasteiger partial charge in [-0.2, -0.15) is 0 Å². The van der Waals surface area contributed by atoms with Crippen LogP contribution in [0.2, 0.25) is 0 Å². The molecule has 0 saturated heterocycles. The summed E-state index contributed by atoms with van der Waals surface area (Å²) in [5.74, 6) is -1.86. The summed E-state index contributed by atoms with van der Waals surface area (Å²) >= 11 is 0. The van der Waals surface area contributed by atoms with Crippen molar-refractivity contribution >= 4 is 17.5 Å². The number of carbonyl (C=O) groups is 3. The third-order valence-corrected chi connectivity index (χ3v) is 1.54. The Bertz CT molecular complexity index is 269. The average Bonchev–Trinajstić information content (AvgIpc) is 2.13. The van der Waals surface area contributed by atoms with Crippen molar-refractivity contribution in [3.63, 3.8) is 0 Å². The molecule has 0 aliphatic heterocycles. The van der Waals surface area contributed by atoms with E-state index in [0.717, 1.165) is 12.3 Å². The highest BCUT2D eigenvalue weighted by Crippen LogP contribution is 1.91. The van der Waals surface area contributed by atoms with Gasteiger partial charge in [0.2, 0.25) is 5.78 Å². The maximum Gasteiger partial charge on any atom is 0.292 e. The highest BCUT2D eigenvalue weighted by Gasteiger charge is 2.12. The summed E-state index contributed by atoms with van der Waals surface area (Å²) in [6.45, 7) is 3.31. The highest BCUT2D eigenvalue weighted by atomic mass is 16.2. The van der Waals surface area contributed by atoms with Gasteiger partial charge in [0.05, 0.1) is 6.54 Å². The third kappa shape index (κ3) is 4.39. The molecule has 5 nitrogen and oxygen atoms in total. The van der Waals surface area contributed by atoms with Gasteiger partial charge >= 0.3 is 0 Å². The molecule has 0 rings (SSSR count). The Balaban J connectivity index is 3.97. The molecule has 0 fully saturated rings. The first-order chi connectivity index (χ1) is 6.49. The first kappa shape index (κ1) is 12.3. The molecule has 0 unspecified atom stereocenters. The van der Waals surface area contributed by atoms with Crippen LogP contribution in [0.15, 0.2) is 12.3 Å². The van der Waals surface area contributed by atoms with Crippen LogP contribution >= 0.6 is 0 Å². The Kier molecular flexibility index (Phi) is 5.21. The quantitative estimate of drug-likeness (QED) is 0.454. The van der Waals surface area contributed by atoms with E-state index in [9.17, 15) is 14.4 Å². The average molecular weight is 198 g/mol. The lowest BCUT2D eigenvalue weighted by Crippen LogP contribution is -2.35. The molecule has 0 bridgehead atoms. The van der Waals surface area contributed by atoms with E-state index in [1.54, 1.807) is 13.8 Å². The van der Waals surface area contributed by atoms with Crippen LogP contribution in [-0.4, -0.2) is 24.0 Å². The summed E-state index contributed by atoms with van der Waals surface area (Å²) in [6.07, 6.45) is 1.92. The van der Waals surface area contributed by atoms with Gasteiger partial charge < -0.3 is 11.1 Å². The summed E-state index contributed by atoms with van der Waals surface area (Å²) in [5.41, 5.74) is 4.92. The SMILES string of the molecule is CC(C)C(=O)CNC(=O)C(=O)C=CN. The second-order valence-electron chi connectivity index (χ2n) is 3.03. The van der Waals surface area contributed by atoms with Crippen LogP contribution < -0.4 is 11.1 Å². The highest BCUT2D eigenvalue weighted by molar-refractivity contribution is 6.40. The predicted octanol–water partition coefficient (Wildman–Crippen LogP) is -0.631. The van der Waals surface area contributed by atoms with Crippen molar-refractivity contribution in [3.8, 4) is 0 Å². The van der Waals surface area contributed by atoms with Crippen molar-refractivity contribution in [1.82, 2.24) is 5.32 Å². The minimum atomic E-state index is -0.819. The molecule has 0 radical (unpaired) electrons. The maximum absolute atomic E-state index is 11.1. The standard InChI is InChI=1S/C9H14N2O3/c1-6(2)8(13)5-11-9(14)7(12)3-4-10/h3-4,6H,5,10H2,1-2H3,(H,11,14). The monoisotopic (exact) mass is 198 g/mol. The van der Waals surface area contributed by atoms with Crippen molar-refractivity contribution in [2.45, 2.75) is 13.8 Å². The van der Waals surface area contributed by atoms with Crippen LogP contribution in [-0.2, 0) is 14.4 Å². The van der Waals surface area contributed by atoms with Crippen LogP contribution in [0.3, 0.4) is 0 Å². The fourth-order valence-corrected chi connectivity index (χ4v) is 0.622. The zero-order valence-electron chi connectivity index (χ0n) is 8.24. The summed E-state index contributed by atoms with van der Waals surface area (Å²) in [7, 11) is 0. The van der Waals surface area contributed by atoms with E-state index in [4.69, 9.17) is 5.73 Å². The van der Waals surface area contributed by atoms with E-state index in [2.05, 4.69) is 5.32 Å². The Morgan fingerprint density at radius 2 is 1.93 bits per heavy atom. The molecule has 14 heavy (non-hydrogen) atoms. The molecule has 0 saturated carbocycles. The minimum absolute atomic E-state index is 0.122. The number of ketones is 2. The van der Waals surface area contributed by atoms with Gasteiger partial charge in [-0.3, -0.25) is 14.4 Å². The van der Waals surface area contributed by atoms with E-state index in [1.807, 2.05) is 0 Å². The largest absolute Gasteiger partial charge is 0.404 e. The van der Waals surface area contributed by atoms with Crippen LogP contribution in [0.25, 0.3) is 0 Å². The number of hydrogen-bond acceptors (Lipinski definition) is 4. The summed E-state index contributed by atoms with van der Waals surface area (Å²) in [5, 5.41) is 2.20. The summed E-state index contributed by atoms with van der Waals surface area (Å²) < 4.78 is 0. The number of nitrogens with one attached hydrogen (secondary N) is 1. The molecule has 78 valence electrons. The van der Waals surface area contributed by atoms with Crippen molar-refractivity contribution in [2.75, 3.05) is 6.54 Å². The Morgan fingerprint density at radius 3 is 2.36 bits per heavy atom. The normalized spacial score (nSPS) is 10.5. The molecule has 0 heterocycles. The van der Waals surface area contributed by atoms with Gasteiger partial charge in [-0.05, 0) is 6.20 Å². The number of nitrogens with two attached hydrogens (primary N) is 1. The Hall–Kier alpha value is -1.65. The third-order valence-electron chi connectivity index (χ3n) is 1.54. The Morgan fingerprint density at radius 1 is 1.36 bits per heavy atom. The fourth-order valence-electron chi connectivity index (χ4n) is 0.622. The smallest absolute Gasteiger partial charge is 0.292 e. The molecule has 3 N–H and O–H groups in total. The van der Waals surface area contributed by atoms with Crippen LogP contribution in [0.1, 0.15) is 13.8 Å². The first-order valence-corrected chi connectivity index (χ1v) is 4.22. The van der Waals surface area contributed by atoms with E-state index >= 15 is 0 Å². The summed E-state index contributed by atoms with van der Waals surface area (Å²) in [4.78, 5) is 32.8. The molecule has 0 aromatic carbocycles. The molecule has 0 atom stereocenters. The van der Waals surface area contributed by atoms with Crippen molar-refractivity contribution < 1.29 is 14.4 Å². The van der Waals surface area contributed by atoms with Gasteiger partial charge in [0, 0.05) is 12.0 Å². The van der Waals surface area contributed by atoms with Crippen molar-refractivity contribution in [3.05, 3.63) is 12.3 Å². The molecular weight excluding hydrogens is 184 g/mol. The van der Waals surface area contributed by atoms with Gasteiger partial charge in [-0.1, -0.05) is 13.8 Å². The van der Waals surface area contributed by atoms with Crippen LogP contribution in [0.4, 0.5) is 0 Å². The van der Waals surface area contributed by atoms with E-state index < -0.39 is 11.7 Å². The number of Topliss-reactive ketones (excluding diaryl/α,β-unsaturated/α-hetero) is 1. The summed E-state index contributed by atoms with van der Waals surface area (Å²) in [6, 6.07) is 0. The van der Waals surface area contributed by atoms with Gasteiger partial charge in [0.15, 0.2) is 5.78 Å². The molecule has 0 aliphatic rings. The van der Waals surface area contributed by atoms with E-state index in [-0.39, 0.29) is 18.2 Å². The lowest BCUT2D eigenvalue weighted by Gasteiger charge is -2.04. The number of carbonyl (C=O) groups excluding carboxylic acids is 3. The second-order valence-corrected chi connectivity index (χ2v) is 3.03. The van der Waals surface area contributed by atoms with Crippen molar-refractivity contribution in [2.24, 2.45) is 11.7 Å². The van der Waals surface area contributed by atoms with Crippen LogP contribution in [0, 0.1) is 5.92 Å². The van der Waals surface area contributed by atoms with Gasteiger partial charge in [-0.25, -0.2) is 0 Å². The van der Waals surface area contributed by atoms with Gasteiger partial charge in [0.1, 0.15) is 0 Å². The molecule has 0 aliphatic carbocycles. The zero-order valence-corrected chi connectivity index (χ0v) is 8.24. The minimum Gasteiger partial charge on any atom is -0.404 e. The number of hydrogen-bond donors (Lipinski definition) is 2. The molecule has 1 amide bonds. The van der Waals surface area contributed by atoms with Crippen LogP contribution in [0.5, 0.6) is 0 Å². The predicted molar refractivity (Wildman–Crippen MR) is 51.2 cm³/mol. The van der Waals surface area contributed by atoms with Gasteiger partial charge in [-0.15, -0.1) is 0 Å². The van der Waals surface area contributed by atoms with Crippen molar-refractivity contribution in [1.29, 1.82) is 0 Å². The maximum atomic E-state index is 11.1.